The minimum atomic E-state index is -0.731. The van der Waals surface area contributed by atoms with Gasteiger partial charge in [0.05, 0.1) is 7.11 Å². The molecule has 0 aromatic heterocycles. The zero-order chi connectivity index (χ0) is 12.7. The maximum absolute atomic E-state index is 10.3. The first kappa shape index (κ1) is 13.8. The van der Waals surface area contributed by atoms with Gasteiger partial charge >= 0.3 is 5.97 Å². The Kier molecular flexibility index (Phi) is 5.84. The van der Waals surface area contributed by atoms with Gasteiger partial charge in [0, 0.05) is 11.4 Å². The summed E-state index contributed by atoms with van der Waals surface area (Å²) in [4.78, 5) is 10.3. The number of halogens is 1. The predicted octanol–water partition coefficient (Wildman–Crippen LogP) is 3.54. The van der Waals surface area contributed by atoms with Crippen molar-refractivity contribution >= 4 is 17.6 Å². The molecule has 1 N–H and O–H groups in total. The van der Waals surface area contributed by atoms with Gasteiger partial charge < -0.3 is 9.84 Å². The molecule has 0 spiro atoms. The van der Waals surface area contributed by atoms with Gasteiger partial charge in [-0.3, -0.25) is 4.79 Å². The largest absolute Gasteiger partial charge is 0.496 e. The smallest absolute Gasteiger partial charge is 0.303 e. The van der Waals surface area contributed by atoms with Crippen molar-refractivity contribution < 1.29 is 14.6 Å². The van der Waals surface area contributed by atoms with E-state index in [-0.39, 0.29) is 6.42 Å². The number of carboxylic acid groups (broad SMARTS) is 1. The average Bonchev–Trinajstić information content (AvgIpc) is 2.28. The SMILES string of the molecule is COc1ccc(Cl)cc1CCCCCC(=O)O. The maximum atomic E-state index is 10.3. The van der Waals surface area contributed by atoms with Crippen LogP contribution in [0.1, 0.15) is 31.2 Å². The number of benzene rings is 1. The van der Waals surface area contributed by atoms with Crippen molar-refractivity contribution in [3.63, 3.8) is 0 Å². The molecule has 1 aromatic carbocycles. The zero-order valence-electron chi connectivity index (χ0n) is 9.91. The fraction of sp³-hybridized carbons (Fsp3) is 0.462. The molecule has 3 nitrogen and oxygen atoms in total. The second kappa shape index (κ2) is 7.17. The van der Waals surface area contributed by atoms with E-state index in [2.05, 4.69) is 0 Å². The Bertz CT molecular complexity index is 377. The summed E-state index contributed by atoms with van der Waals surface area (Å²) in [7, 11) is 1.64. The summed E-state index contributed by atoms with van der Waals surface area (Å²) in [6, 6.07) is 5.56. The number of aliphatic carboxylic acids is 1. The Hall–Kier alpha value is -1.22. The number of hydrogen-bond donors (Lipinski definition) is 1. The Morgan fingerprint density at radius 2 is 2.12 bits per heavy atom. The van der Waals surface area contributed by atoms with Crippen molar-refractivity contribution in [3.05, 3.63) is 28.8 Å². The first-order chi connectivity index (χ1) is 8.13. The van der Waals surface area contributed by atoms with Crippen LogP contribution in [0.2, 0.25) is 5.02 Å². The van der Waals surface area contributed by atoms with Crippen molar-refractivity contribution in [1.82, 2.24) is 0 Å². The summed E-state index contributed by atoms with van der Waals surface area (Å²) < 4.78 is 5.24. The lowest BCUT2D eigenvalue weighted by Gasteiger charge is -2.08. The molecule has 0 atom stereocenters. The van der Waals surface area contributed by atoms with Crippen LogP contribution in [0, 0.1) is 0 Å². The third kappa shape index (κ3) is 5.09. The number of hydrogen-bond acceptors (Lipinski definition) is 2. The molecule has 0 heterocycles. The molecule has 0 fully saturated rings. The third-order valence-electron chi connectivity index (χ3n) is 2.58. The summed E-state index contributed by atoms with van der Waals surface area (Å²) in [6.07, 6.45) is 3.68. The number of ether oxygens (including phenoxy) is 1. The highest BCUT2D eigenvalue weighted by Crippen LogP contribution is 2.24. The van der Waals surface area contributed by atoms with Crippen LogP contribution < -0.4 is 4.74 Å². The van der Waals surface area contributed by atoms with Gasteiger partial charge in [-0.2, -0.15) is 0 Å². The molecule has 0 amide bonds. The molecule has 1 rings (SSSR count). The number of unbranched alkanes of at least 4 members (excludes halogenated alkanes) is 2. The second-order valence-corrected chi connectivity index (χ2v) is 4.35. The second-order valence-electron chi connectivity index (χ2n) is 3.91. The summed E-state index contributed by atoms with van der Waals surface area (Å²) >= 11 is 5.92. The van der Waals surface area contributed by atoms with Crippen LogP contribution in [0.4, 0.5) is 0 Å². The standard InChI is InChI=1S/C13H17ClO3/c1-17-12-8-7-11(14)9-10(12)5-3-2-4-6-13(15)16/h7-9H,2-6H2,1H3,(H,15,16). The van der Waals surface area contributed by atoms with E-state index in [0.29, 0.717) is 5.02 Å². The fourth-order valence-electron chi connectivity index (χ4n) is 1.71. The van der Waals surface area contributed by atoms with Crippen LogP contribution >= 0.6 is 11.6 Å². The van der Waals surface area contributed by atoms with Crippen LogP contribution in [0.5, 0.6) is 5.75 Å². The minimum Gasteiger partial charge on any atom is -0.496 e. The molecule has 0 radical (unpaired) electrons. The Balaban J connectivity index is 2.40. The lowest BCUT2D eigenvalue weighted by Crippen LogP contribution is -1.95. The van der Waals surface area contributed by atoms with Crippen molar-refractivity contribution in [2.75, 3.05) is 7.11 Å². The highest BCUT2D eigenvalue weighted by atomic mass is 35.5. The molecule has 1 aromatic rings. The molecular weight excluding hydrogens is 240 g/mol. The van der Waals surface area contributed by atoms with E-state index in [9.17, 15) is 4.79 Å². The van der Waals surface area contributed by atoms with Gasteiger partial charge in [0.1, 0.15) is 5.75 Å². The van der Waals surface area contributed by atoms with Crippen molar-refractivity contribution in [2.24, 2.45) is 0 Å². The first-order valence-electron chi connectivity index (χ1n) is 5.67. The predicted molar refractivity (Wildman–Crippen MR) is 67.8 cm³/mol. The van der Waals surface area contributed by atoms with Crippen LogP contribution in [-0.2, 0) is 11.2 Å². The maximum Gasteiger partial charge on any atom is 0.303 e. The Morgan fingerprint density at radius 1 is 1.35 bits per heavy atom. The van der Waals surface area contributed by atoms with E-state index in [1.54, 1.807) is 13.2 Å². The van der Waals surface area contributed by atoms with Gasteiger partial charge in [-0.15, -0.1) is 0 Å². The highest BCUT2D eigenvalue weighted by Gasteiger charge is 2.04. The van der Waals surface area contributed by atoms with Crippen LogP contribution in [0.25, 0.3) is 0 Å². The molecule has 0 aliphatic rings. The highest BCUT2D eigenvalue weighted by molar-refractivity contribution is 6.30. The van der Waals surface area contributed by atoms with E-state index in [4.69, 9.17) is 21.4 Å². The van der Waals surface area contributed by atoms with E-state index in [1.807, 2.05) is 12.1 Å². The van der Waals surface area contributed by atoms with Gasteiger partial charge in [-0.1, -0.05) is 18.0 Å². The first-order valence-corrected chi connectivity index (χ1v) is 6.05. The number of carboxylic acids is 1. The fourth-order valence-corrected chi connectivity index (χ4v) is 1.91. The van der Waals surface area contributed by atoms with Gasteiger partial charge in [0.2, 0.25) is 0 Å². The number of aryl methyl sites for hydroxylation is 1. The molecule has 4 heteroatoms. The van der Waals surface area contributed by atoms with Crippen molar-refractivity contribution in [2.45, 2.75) is 32.1 Å². The summed E-state index contributed by atoms with van der Waals surface area (Å²) in [5, 5.41) is 9.21. The van der Waals surface area contributed by atoms with Crippen LogP contribution in [0.15, 0.2) is 18.2 Å². The topological polar surface area (TPSA) is 46.5 Å². The van der Waals surface area contributed by atoms with E-state index in [1.165, 1.54) is 0 Å². The molecule has 0 bridgehead atoms. The number of rotatable bonds is 7. The summed E-state index contributed by atoms with van der Waals surface area (Å²) in [6.45, 7) is 0. The van der Waals surface area contributed by atoms with Gasteiger partial charge in [0.25, 0.3) is 0 Å². The zero-order valence-corrected chi connectivity index (χ0v) is 10.7. The summed E-state index contributed by atoms with van der Waals surface area (Å²) in [5.74, 6) is 0.109. The van der Waals surface area contributed by atoms with E-state index in [0.717, 1.165) is 37.0 Å². The van der Waals surface area contributed by atoms with Gasteiger partial charge in [-0.25, -0.2) is 0 Å². The lowest BCUT2D eigenvalue weighted by atomic mass is 10.1. The molecule has 0 saturated heterocycles. The number of methoxy groups -OCH3 is 1. The average molecular weight is 257 g/mol. The molecule has 0 saturated carbocycles. The van der Waals surface area contributed by atoms with Gasteiger partial charge in [-0.05, 0) is 43.0 Å². The Morgan fingerprint density at radius 3 is 2.76 bits per heavy atom. The van der Waals surface area contributed by atoms with Gasteiger partial charge in [0.15, 0.2) is 0 Å². The molecule has 0 unspecified atom stereocenters. The number of carbonyl (C=O) groups is 1. The minimum absolute atomic E-state index is 0.243. The molecule has 94 valence electrons. The molecule has 0 aliphatic carbocycles. The Labute approximate surface area is 106 Å². The lowest BCUT2D eigenvalue weighted by molar-refractivity contribution is -0.137. The van der Waals surface area contributed by atoms with Crippen LogP contribution in [-0.4, -0.2) is 18.2 Å². The normalized spacial score (nSPS) is 10.2. The quantitative estimate of drug-likeness (QED) is 0.759. The monoisotopic (exact) mass is 256 g/mol. The molecule has 0 aliphatic heterocycles. The summed E-state index contributed by atoms with van der Waals surface area (Å²) in [5.41, 5.74) is 1.08. The molecule has 17 heavy (non-hydrogen) atoms. The van der Waals surface area contributed by atoms with E-state index >= 15 is 0 Å². The molecular formula is C13H17ClO3. The van der Waals surface area contributed by atoms with Crippen molar-refractivity contribution in [3.8, 4) is 5.75 Å². The van der Waals surface area contributed by atoms with E-state index < -0.39 is 5.97 Å². The van der Waals surface area contributed by atoms with Crippen molar-refractivity contribution in [1.29, 1.82) is 0 Å². The third-order valence-corrected chi connectivity index (χ3v) is 2.81. The van der Waals surface area contributed by atoms with Crippen LogP contribution in [0.3, 0.4) is 0 Å².